The molecule has 2 aliphatic rings. The van der Waals surface area contributed by atoms with Gasteiger partial charge in [-0.25, -0.2) is 4.79 Å². The van der Waals surface area contributed by atoms with Crippen LogP contribution in [0.25, 0.3) is 0 Å². The molecule has 0 atom stereocenters. The first-order chi connectivity index (χ1) is 8.48. The van der Waals surface area contributed by atoms with Crippen molar-refractivity contribution in [2.45, 2.75) is 38.1 Å². The number of hydrogen-bond acceptors (Lipinski definition) is 3. The molecular weight excluding hydrogens is 252 g/mol. The van der Waals surface area contributed by atoms with E-state index in [1.165, 1.54) is 0 Å². The van der Waals surface area contributed by atoms with Gasteiger partial charge in [-0.15, -0.1) is 0 Å². The standard InChI is InChI=1S/C11H18N4O2S/c1-7-3-5-11(6-4-7)8(16)15(10(17)13-11)14-9(18)12-2/h7H,3-6H2,1-2H3,(H,13,17)(H2,12,14,18). The Morgan fingerprint density at radius 3 is 2.61 bits per heavy atom. The van der Waals surface area contributed by atoms with Crippen LogP contribution in [0.15, 0.2) is 0 Å². The monoisotopic (exact) mass is 270 g/mol. The highest BCUT2D eigenvalue weighted by molar-refractivity contribution is 7.80. The van der Waals surface area contributed by atoms with Crippen LogP contribution in [-0.4, -0.2) is 34.6 Å². The van der Waals surface area contributed by atoms with E-state index in [9.17, 15) is 9.59 Å². The van der Waals surface area contributed by atoms with Crippen molar-refractivity contribution in [2.75, 3.05) is 7.05 Å². The van der Waals surface area contributed by atoms with E-state index in [-0.39, 0.29) is 11.0 Å². The first-order valence-corrected chi connectivity index (χ1v) is 6.54. The normalized spacial score (nSPS) is 31.4. The number of hydrazine groups is 1. The van der Waals surface area contributed by atoms with E-state index in [0.717, 1.165) is 17.9 Å². The van der Waals surface area contributed by atoms with Gasteiger partial charge in [-0.2, -0.15) is 5.01 Å². The third-order valence-corrected chi connectivity index (χ3v) is 4.03. The molecule has 0 bridgehead atoms. The zero-order chi connectivity index (χ0) is 13.3. The number of thiocarbonyl (C=S) groups is 1. The van der Waals surface area contributed by atoms with Crippen LogP contribution >= 0.6 is 12.2 Å². The molecule has 0 aromatic heterocycles. The molecule has 1 saturated carbocycles. The van der Waals surface area contributed by atoms with E-state index >= 15 is 0 Å². The second kappa shape index (κ2) is 4.72. The molecule has 7 heteroatoms. The van der Waals surface area contributed by atoms with Gasteiger partial charge in [0.1, 0.15) is 5.54 Å². The van der Waals surface area contributed by atoms with Crippen molar-refractivity contribution >= 4 is 29.3 Å². The van der Waals surface area contributed by atoms with Crippen LogP contribution < -0.4 is 16.1 Å². The van der Waals surface area contributed by atoms with Gasteiger partial charge in [0.15, 0.2) is 5.11 Å². The summed E-state index contributed by atoms with van der Waals surface area (Å²) < 4.78 is 0. The number of hydrogen-bond donors (Lipinski definition) is 3. The maximum Gasteiger partial charge on any atom is 0.344 e. The molecule has 0 aromatic rings. The van der Waals surface area contributed by atoms with Gasteiger partial charge >= 0.3 is 6.03 Å². The largest absolute Gasteiger partial charge is 0.364 e. The van der Waals surface area contributed by atoms with Crippen LogP contribution in [0, 0.1) is 5.92 Å². The maximum atomic E-state index is 12.3. The zero-order valence-electron chi connectivity index (χ0n) is 10.6. The SMILES string of the molecule is CNC(=S)NN1C(=O)NC2(CCC(C)CC2)C1=O. The molecule has 3 N–H and O–H groups in total. The average molecular weight is 270 g/mol. The Labute approximate surface area is 111 Å². The van der Waals surface area contributed by atoms with E-state index < -0.39 is 11.6 Å². The Bertz CT molecular complexity index is 391. The molecule has 100 valence electrons. The fourth-order valence-corrected chi connectivity index (χ4v) is 2.56. The number of rotatable bonds is 1. The summed E-state index contributed by atoms with van der Waals surface area (Å²) in [5.74, 6) is 0.387. The summed E-state index contributed by atoms with van der Waals surface area (Å²) in [6, 6.07) is -0.424. The van der Waals surface area contributed by atoms with E-state index in [1.54, 1.807) is 7.05 Å². The van der Waals surface area contributed by atoms with Gasteiger partial charge in [0.05, 0.1) is 0 Å². The average Bonchev–Trinajstić information content (AvgIpc) is 2.58. The quantitative estimate of drug-likeness (QED) is 0.478. The van der Waals surface area contributed by atoms with Crippen LogP contribution in [0.1, 0.15) is 32.6 Å². The molecular formula is C11H18N4O2S. The molecule has 1 aliphatic carbocycles. The van der Waals surface area contributed by atoms with Gasteiger partial charge < -0.3 is 10.6 Å². The molecule has 3 amide bonds. The summed E-state index contributed by atoms with van der Waals surface area (Å²) in [6.07, 6.45) is 3.30. The molecule has 1 heterocycles. The lowest BCUT2D eigenvalue weighted by molar-refractivity contribution is -0.133. The molecule has 1 saturated heterocycles. The third kappa shape index (κ3) is 2.14. The summed E-state index contributed by atoms with van der Waals surface area (Å²) >= 11 is 4.91. The molecule has 1 spiro atoms. The lowest BCUT2D eigenvalue weighted by atomic mass is 9.77. The Hall–Kier alpha value is -1.37. The van der Waals surface area contributed by atoms with Crippen LogP contribution in [0.5, 0.6) is 0 Å². The first-order valence-electron chi connectivity index (χ1n) is 6.13. The van der Waals surface area contributed by atoms with Crippen molar-refractivity contribution in [3.8, 4) is 0 Å². The fraction of sp³-hybridized carbons (Fsp3) is 0.727. The smallest absolute Gasteiger partial charge is 0.344 e. The van der Waals surface area contributed by atoms with E-state index in [0.29, 0.717) is 18.8 Å². The van der Waals surface area contributed by atoms with Gasteiger partial charge in [0.2, 0.25) is 0 Å². The minimum absolute atomic E-state index is 0.225. The number of imide groups is 1. The molecule has 0 radical (unpaired) electrons. The van der Waals surface area contributed by atoms with Crippen LogP contribution in [0.2, 0.25) is 0 Å². The summed E-state index contributed by atoms with van der Waals surface area (Å²) in [7, 11) is 1.63. The van der Waals surface area contributed by atoms with Gasteiger partial charge in [0.25, 0.3) is 5.91 Å². The van der Waals surface area contributed by atoms with Gasteiger partial charge in [-0.05, 0) is 43.8 Å². The number of carbonyl (C=O) groups excluding carboxylic acids is 2. The summed E-state index contributed by atoms with van der Waals surface area (Å²) in [5.41, 5.74) is 1.88. The van der Waals surface area contributed by atoms with Crippen molar-refractivity contribution in [3.05, 3.63) is 0 Å². The number of nitrogens with one attached hydrogen (secondary N) is 3. The van der Waals surface area contributed by atoms with Crippen molar-refractivity contribution in [1.82, 2.24) is 21.1 Å². The van der Waals surface area contributed by atoms with E-state index in [4.69, 9.17) is 12.2 Å². The lowest BCUT2D eigenvalue weighted by Gasteiger charge is -2.33. The van der Waals surface area contributed by atoms with Crippen molar-refractivity contribution in [2.24, 2.45) is 5.92 Å². The third-order valence-electron chi connectivity index (χ3n) is 3.73. The summed E-state index contributed by atoms with van der Waals surface area (Å²) in [5, 5.41) is 6.72. The number of carbonyl (C=O) groups is 2. The maximum absolute atomic E-state index is 12.3. The van der Waals surface area contributed by atoms with Crippen LogP contribution in [0.3, 0.4) is 0 Å². The van der Waals surface area contributed by atoms with Gasteiger partial charge in [-0.1, -0.05) is 6.92 Å². The Balaban J connectivity index is 2.11. The fourth-order valence-electron chi connectivity index (χ4n) is 2.47. The van der Waals surface area contributed by atoms with Crippen molar-refractivity contribution in [3.63, 3.8) is 0 Å². The highest BCUT2D eigenvalue weighted by Crippen LogP contribution is 2.35. The molecule has 1 aliphatic heterocycles. The van der Waals surface area contributed by atoms with Crippen LogP contribution in [-0.2, 0) is 4.79 Å². The predicted molar refractivity (Wildman–Crippen MR) is 70.5 cm³/mol. The van der Waals surface area contributed by atoms with E-state index in [2.05, 4.69) is 23.0 Å². The topological polar surface area (TPSA) is 73.5 Å². The van der Waals surface area contributed by atoms with E-state index in [1.807, 2.05) is 0 Å². The van der Waals surface area contributed by atoms with Crippen molar-refractivity contribution < 1.29 is 9.59 Å². The Morgan fingerprint density at radius 1 is 1.44 bits per heavy atom. The summed E-state index contributed by atoms with van der Waals surface area (Å²) in [4.78, 5) is 24.2. The lowest BCUT2D eigenvalue weighted by Crippen LogP contribution is -2.52. The Kier molecular flexibility index (Phi) is 3.43. The van der Waals surface area contributed by atoms with Gasteiger partial charge in [0, 0.05) is 7.05 Å². The minimum atomic E-state index is -0.722. The minimum Gasteiger partial charge on any atom is -0.364 e. The predicted octanol–water partition coefficient (Wildman–Crippen LogP) is 0.496. The molecule has 0 unspecified atom stereocenters. The number of urea groups is 1. The molecule has 0 aromatic carbocycles. The molecule has 18 heavy (non-hydrogen) atoms. The molecule has 2 fully saturated rings. The number of amides is 3. The second-order valence-corrected chi connectivity index (χ2v) is 5.43. The van der Waals surface area contributed by atoms with Crippen molar-refractivity contribution in [1.29, 1.82) is 0 Å². The molecule has 2 rings (SSSR count). The second-order valence-electron chi connectivity index (χ2n) is 5.03. The number of nitrogens with zero attached hydrogens (tertiary/aromatic N) is 1. The zero-order valence-corrected chi connectivity index (χ0v) is 11.4. The van der Waals surface area contributed by atoms with Gasteiger partial charge in [-0.3, -0.25) is 10.2 Å². The molecule has 6 nitrogen and oxygen atoms in total. The first kappa shape index (κ1) is 13.1. The van der Waals surface area contributed by atoms with Crippen LogP contribution in [0.4, 0.5) is 4.79 Å². The summed E-state index contributed by atoms with van der Waals surface area (Å²) in [6.45, 7) is 2.17. The Morgan fingerprint density at radius 2 is 2.06 bits per heavy atom. The highest BCUT2D eigenvalue weighted by Gasteiger charge is 2.52. The highest BCUT2D eigenvalue weighted by atomic mass is 32.1.